The predicted molar refractivity (Wildman–Crippen MR) is 423 cm³/mol. The Hall–Kier alpha value is -4.04. The van der Waals surface area contributed by atoms with Crippen LogP contribution in [0.15, 0.2) is 97.1 Å². The molecule has 0 heterocycles. The number of hydrogen-bond donors (Lipinski definition) is 0. The number of fused-ring (bicyclic) bond motifs is 5. The second-order valence-electron chi connectivity index (χ2n) is 30.0. The fraction of sp³-hybridized carbons (Fsp3) is 0.696. The minimum absolute atomic E-state index is 1.17. The normalized spacial score (nSPS) is 12.6. The fourth-order valence-corrected chi connectivity index (χ4v) is 15.9. The van der Waals surface area contributed by atoms with E-state index < -0.39 is 0 Å². The summed E-state index contributed by atoms with van der Waals surface area (Å²) in [5.41, 5.74) is 16.8. The van der Waals surface area contributed by atoms with Crippen LogP contribution in [0.4, 0.5) is 11.4 Å². The van der Waals surface area contributed by atoms with Crippen LogP contribution < -0.4 is 9.80 Å². The molecule has 2 aliphatic rings. The van der Waals surface area contributed by atoms with E-state index in [4.69, 9.17) is 0 Å². The maximum absolute atomic E-state index is 2.77. The summed E-state index contributed by atoms with van der Waals surface area (Å²) in [5.74, 6) is 0. The van der Waals surface area contributed by atoms with E-state index in [1.54, 1.807) is 0 Å². The monoisotopic (exact) mass is 1280 g/mol. The van der Waals surface area contributed by atoms with E-state index in [2.05, 4.69) is 135 Å². The maximum atomic E-state index is 2.77. The first-order valence-electron chi connectivity index (χ1n) is 42.1. The van der Waals surface area contributed by atoms with Crippen LogP contribution >= 0.6 is 0 Å². The highest BCUT2D eigenvalue weighted by Gasteiger charge is 2.37. The molecule has 2 nitrogen and oxygen atoms in total. The Bertz CT molecular complexity index is 2270. The van der Waals surface area contributed by atoms with Gasteiger partial charge in [-0.05, 0) is 106 Å². The SMILES string of the molecule is CCCCCCCCCCCCCCCCN(CCCCCCCCCCCCCCCC)c1ccc(C2=C3C(=C(c4ccc(N(CCCCCCCCCCCCCCCC)CCCCCCCCCCCCCCCC)cc4)c4ccccc43)c3ccccc32)cc1. The number of rotatable bonds is 64. The van der Waals surface area contributed by atoms with Crippen LogP contribution in [0.2, 0.25) is 0 Å². The van der Waals surface area contributed by atoms with Gasteiger partial charge in [0.25, 0.3) is 0 Å². The summed E-state index contributed by atoms with van der Waals surface area (Å²) in [6.07, 6.45) is 79.1. The van der Waals surface area contributed by atoms with Gasteiger partial charge in [-0.25, -0.2) is 0 Å². The van der Waals surface area contributed by atoms with Crippen LogP contribution in [0.3, 0.4) is 0 Å². The molecular weight excluding hydrogens is 1130 g/mol. The molecule has 2 aliphatic carbocycles. The van der Waals surface area contributed by atoms with Gasteiger partial charge in [-0.2, -0.15) is 0 Å². The minimum atomic E-state index is 1.17. The van der Waals surface area contributed by atoms with Crippen molar-refractivity contribution in [3.63, 3.8) is 0 Å². The molecule has 0 atom stereocenters. The first-order chi connectivity index (χ1) is 46.7. The lowest BCUT2D eigenvalue weighted by atomic mass is 9.92. The van der Waals surface area contributed by atoms with Gasteiger partial charge >= 0.3 is 0 Å². The van der Waals surface area contributed by atoms with Crippen molar-refractivity contribution in [3.05, 3.63) is 130 Å². The molecule has 2 heteroatoms. The molecule has 6 rings (SSSR count). The quantitative estimate of drug-likeness (QED) is 0.0407. The third-order valence-electron chi connectivity index (χ3n) is 21.9. The molecule has 526 valence electrons. The Morgan fingerprint density at radius 2 is 0.330 bits per heavy atom. The number of unbranched alkanes of at least 4 members (excludes halogenated alkanes) is 52. The highest BCUT2D eigenvalue weighted by molar-refractivity contribution is 6.35. The molecule has 0 spiro atoms. The highest BCUT2D eigenvalue weighted by atomic mass is 15.1. The van der Waals surface area contributed by atoms with Gasteiger partial charge in [-0.15, -0.1) is 0 Å². The smallest absolute Gasteiger partial charge is 0.0366 e. The largest absolute Gasteiger partial charge is 0.372 e. The lowest BCUT2D eigenvalue weighted by Crippen LogP contribution is -2.25. The standard InChI is InChI=1S/C92H148N2/c1-5-9-13-17-21-25-29-33-37-41-45-49-53-61-77-93(78-62-54-50-46-42-38-34-30-26-22-18-14-10-6-2)83-73-69-81(70-74-83)89-85-65-57-59-67-87(85)92-90(86-66-58-60-68-88(86)91(89)92)82-71-75-84(76-72-82)94(79-63-55-51-47-43-39-35-31-27-23-19-15-11-7-3)80-64-56-52-48-44-40-36-32-28-24-20-16-12-8-4/h57-60,65-76H,5-56,61-64,77-80H2,1-4H3. The summed E-state index contributed by atoms with van der Waals surface area (Å²) in [5, 5.41) is 0. The minimum Gasteiger partial charge on any atom is -0.372 e. The number of nitrogens with zero attached hydrogens (tertiary/aromatic N) is 2. The van der Waals surface area contributed by atoms with E-state index in [1.807, 2.05) is 0 Å². The van der Waals surface area contributed by atoms with Crippen LogP contribution in [0.25, 0.3) is 22.3 Å². The number of allylic oxidation sites excluding steroid dienone is 2. The van der Waals surface area contributed by atoms with Gasteiger partial charge < -0.3 is 9.80 Å². The van der Waals surface area contributed by atoms with E-state index in [1.165, 1.54) is 453 Å². The van der Waals surface area contributed by atoms with E-state index in [9.17, 15) is 0 Å². The van der Waals surface area contributed by atoms with Gasteiger partial charge in [-0.3, -0.25) is 0 Å². The van der Waals surface area contributed by atoms with E-state index >= 15 is 0 Å². The first-order valence-corrected chi connectivity index (χ1v) is 42.1. The fourth-order valence-electron chi connectivity index (χ4n) is 15.9. The molecule has 94 heavy (non-hydrogen) atoms. The Morgan fingerprint density at radius 3 is 0.511 bits per heavy atom. The Morgan fingerprint density at radius 1 is 0.170 bits per heavy atom. The number of anilines is 2. The molecule has 0 aromatic heterocycles. The molecule has 0 saturated heterocycles. The van der Waals surface area contributed by atoms with E-state index in [0.717, 1.165) is 0 Å². The molecule has 0 bridgehead atoms. The van der Waals surface area contributed by atoms with Crippen LogP contribution in [0, 0.1) is 0 Å². The summed E-state index contributed by atoms with van der Waals surface area (Å²) in [6.45, 7) is 14.0. The summed E-state index contributed by atoms with van der Waals surface area (Å²) in [7, 11) is 0. The van der Waals surface area contributed by atoms with Crippen LogP contribution in [-0.4, -0.2) is 26.2 Å². The Labute approximate surface area is 584 Å². The second-order valence-corrected chi connectivity index (χ2v) is 30.0. The maximum Gasteiger partial charge on any atom is 0.0366 e. The summed E-state index contributed by atoms with van der Waals surface area (Å²) >= 11 is 0. The van der Waals surface area contributed by atoms with Crippen molar-refractivity contribution < 1.29 is 0 Å². The van der Waals surface area contributed by atoms with Gasteiger partial charge in [0, 0.05) is 37.6 Å². The lowest BCUT2D eigenvalue weighted by Gasteiger charge is -2.25. The van der Waals surface area contributed by atoms with Crippen molar-refractivity contribution >= 4 is 33.7 Å². The Balaban J connectivity index is 1.09. The van der Waals surface area contributed by atoms with Crippen molar-refractivity contribution in [2.75, 3.05) is 36.0 Å². The van der Waals surface area contributed by atoms with Crippen molar-refractivity contribution in [1.82, 2.24) is 0 Å². The summed E-state index contributed by atoms with van der Waals surface area (Å²) in [4.78, 5) is 5.54. The average molecular weight is 1280 g/mol. The molecule has 0 saturated carbocycles. The van der Waals surface area contributed by atoms with Crippen molar-refractivity contribution in [2.24, 2.45) is 0 Å². The third kappa shape index (κ3) is 31.2. The Kier molecular flexibility index (Phi) is 44.5. The van der Waals surface area contributed by atoms with Crippen molar-refractivity contribution in [2.45, 2.75) is 387 Å². The average Bonchev–Trinajstić information content (AvgIpc) is 1.55. The van der Waals surface area contributed by atoms with Gasteiger partial charge in [0.15, 0.2) is 0 Å². The molecule has 0 fully saturated rings. The topological polar surface area (TPSA) is 6.48 Å². The van der Waals surface area contributed by atoms with E-state index in [-0.39, 0.29) is 0 Å². The molecule has 4 aromatic carbocycles. The van der Waals surface area contributed by atoms with E-state index in [0.29, 0.717) is 0 Å². The highest BCUT2D eigenvalue weighted by Crippen LogP contribution is 2.58. The molecule has 0 radical (unpaired) electrons. The van der Waals surface area contributed by atoms with Gasteiger partial charge in [0.05, 0.1) is 0 Å². The van der Waals surface area contributed by atoms with Crippen molar-refractivity contribution in [1.29, 1.82) is 0 Å². The second kappa shape index (κ2) is 53.0. The zero-order chi connectivity index (χ0) is 65.8. The van der Waals surface area contributed by atoms with Gasteiger partial charge in [-0.1, -0.05) is 434 Å². The zero-order valence-corrected chi connectivity index (χ0v) is 62.6. The molecule has 0 aliphatic heterocycles. The molecule has 4 aromatic rings. The summed E-state index contributed by atoms with van der Waals surface area (Å²) in [6, 6.07) is 38.6. The lowest BCUT2D eigenvalue weighted by molar-refractivity contribution is 0.529. The first kappa shape index (κ1) is 79.0. The van der Waals surface area contributed by atoms with Gasteiger partial charge in [0.2, 0.25) is 0 Å². The molecule has 0 amide bonds. The van der Waals surface area contributed by atoms with Crippen LogP contribution in [-0.2, 0) is 0 Å². The zero-order valence-electron chi connectivity index (χ0n) is 62.6. The van der Waals surface area contributed by atoms with Crippen LogP contribution in [0.1, 0.15) is 421 Å². The number of benzene rings is 4. The van der Waals surface area contributed by atoms with Crippen molar-refractivity contribution in [3.8, 4) is 0 Å². The molecular formula is C92H148N2. The third-order valence-corrected chi connectivity index (χ3v) is 21.9. The van der Waals surface area contributed by atoms with Gasteiger partial charge in [0.1, 0.15) is 0 Å². The molecule has 0 unspecified atom stereocenters. The molecule has 0 N–H and O–H groups in total. The predicted octanol–water partition coefficient (Wildman–Crippen LogP) is 30.5. The van der Waals surface area contributed by atoms with Crippen LogP contribution in [0.5, 0.6) is 0 Å². The summed E-state index contributed by atoms with van der Waals surface area (Å²) < 4.78 is 0. The number of hydrogen-bond acceptors (Lipinski definition) is 2.